The maximum atomic E-state index is 12.9. The van der Waals surface area contributed by atoms with Crippen LogP contribution in [-0.4, -0.2) is 49.2 Å². The molecule has 1 amide bonds. The van der Waals surface area contributed by atoms with Gasteiger partial charge in [-0.15, -0.1) is 21.5 Å². The minimum atomic E-state index is -0.0821. The van der Waals surface area contributed by atoms with Crippen LogP contribution in [0.25, 0.3) is 0 Å². The number of nitrogens with one attached hydrogen (secondary N) is 1. The Morgan fingerprint density at radius 2 is 2.06 bits per heavy atom. The van der Waals surface area contributed by atoms with E-state index < -0.39 is 0 Å². The standard InChI is InChI=1S/C24H28N6OS/c1-16-19(32-15-25-16)13-29-12-11-24(17-5-3-2-4-6-17)10-9-21-27-28-22(30(21)14-20(24)29)23(31)26-18-7-8-18/h2-6,15,18,20H,7-14H2,1H3,(H,26,31)/t20-,24-/m1/s1. The van der Waals surface area contributed by atoms with E-state index in [-0.39, 0.29) is 17.4 Å². The molecule has 3 aliphatic rings. The van der Waals surface area contributed by atoms with Gasteiger partial charge in [-0.05, 0) is 44.7 Å². The van der Waals surface area contributed by atoms with Crippen molar-refractivity contribution in [3.8, 4) is 0 Å². The lowest BCUT2D eigenvalue weighted by Gasteiger charge is -2.37. The number of benzene rings is 1. The predicted molar refractivity (Wildman–Crippen MR) is 123 cm³/mol. The van der Waals surface area contributed by atoms with Gasteiger partial charge in [-0.1, -0.05) is 30.3 Å². The normalized spacial score (nSPS) is 25.2. The Balaban J connectivity index is 1.38. The van der Waals surface area contributed by atoms with Gasteiger partial charge in [-0.3, -0.25) is 9.69 Å². The number of fused-ring (bicyclic) bond motifs is 2. The summed E-state index contributed by atoms with van der Waals surface area (Å²) in [7, 11) is 0. The van der Waals surface area contributed by atoms with Crippen LogP contribution < -0.4 is 5.32 Å². The Morgan fingerprint density at radius 3 is 2.81 bits per heavy atom. The summed E-state index contributed by atoms with van der Waals surface area (Å²) in [6.07, 6.45) is 5.09. The average Bonchev–Trinajstić information content (AvgIpc) is 3.29. The Kier molecular flexibility index (Phi) is 4.87. The van der Waals surface area contributed by atoms with Gasteiger partial charge in [0.25, 0.3) is 5.91 Å². The lowest BCUT2D eigenvalue weighted by Crippen LogP contribution is -2.45. The number of amides is 1. The van der Waals surface area contributed by atoms with Crippen LogP contribution in [0, 0.1) is 6.92 Å². The molecule has 1 saturated heterocycles. The summed E-state index contributed by atoms with van der Waals surface area (Å²) < 4.78 is 2.10. The first-order valence-corrected chi connectivity index (χ1v) is 12.4. The number of likely N-dealkylation sites (tertiary alicyclic amines) is 1. The van der Waals surface area contributed by atoms with E-state index in [1.165, 1.54) is 10.4 Å². The average molecular weight is 449 g/mol. The fraction of sp³-hybridized carbons (Fsp3) is 0.500. The highest BCUT2D eigenvalue weighted by Gasteiger charge is 2.50. The van der Waals surface area contributed by atoms with E-state index >= 15 is 0 Å². The van der Waals surface area contributed by atoms with Crippen molar-refractivity contribution >= 4 is 17.2 Å². The summed E-state index contributed by atoms with van der Waals surface area (Å²) >= 11 is 1.74. The van der Waals surface area contributed by atoms with Gasteiger partial charge in [-0.25, -0.2) is 4.98 Å². The first kappa shape index (κ1) is 20.1. The molecule has 4 heterocycles. The summed E-state index contributed by atoms with van der Waals surface area (Å²) in [6.45, 7) is 4.77. The number of hydrogen-bond donors (Lipinski definition) is 1. The first-order chi connectivity index (χ1) is 15.6. The Hall–Kier alpha value is -2.58. The Morgan fingerprint density at radius 1 is 1.22 bits per heavy atom. The molecule has 7 nitrogen and oxygen atoms in total. The SMILES string of the molecule is Cc1ncsc1CN1CC[C@@]2(c3ccccc3)CCc3nnc(C(=O)NC4CC4)n3C[C@@H]12. The molecule has 0 spiro atoms. The van der Waals surface area contributed by atoms with E-state index in [0.29, 0.717) is 11.9 Å². The van der Waals surface area contributed by atoms with Crippen LogP contribution in [0.5, 0.6) is 0 Å². The molecular weight excluding hydrogens is 420 g/mol. The van der Waals surface area contributed by atoms with Gasteiger partial charge in [-0.2, -0.15) is 0 Å². The van der Waals surface area contributed by atoms with E-state index in [0.717, 1.165) is 63.3 Å². The number of thiazole rings is 1. The molecule has 8 heteroatoms. The lowest BCUT2D eigenvalue weighted by molar-refractivity contribution is 0.0931. The highest BCUT2D eigenvalue weighted by molar-refractivity contribution is 7.09. The Labute approximate surface area is 191 Å². The predicted octanol–water partition coefficient (Wildman–Crippen LogP) is 3.09. The van der Waals surface area contributed by atoms with Gasteiger partial charge in [0.1, 0.15) is 5.82 Å². The molecule has 0 unspecified atom stereocenters. The maximum Gasteiger partial charge on any atom is 0.289 e. The van der Waals surface area contributed by atoms with Crippen LogP contribution in [0.15, 0.2) is 35.8 Å². The fourth-order valence-electron chi connectivity index (χ4n) is 5.57. The van der Waals surface area contributed by atoms with Gasteiger partial charge in [0, 0.05) is 41.9 Å². The molecule has 1 N–H and O–H groups in total. The number of hydrogen-bond acceptors (Lipinski definition) is 6. The van der Waals surface area contributed by atoms with Crippen molar-refractivity contribution in [2.24, 2.45) is 0 Å². The highest BCUT2D eigenvalue weighted by atomic mass is 32.1. The van der Waals surface area contributed by atoms with Gasteiger partial charge in [0.05, 0.1) is 11.2 Å². The third-order valence-electron chi connectivity index (χ3n) is 7.56. The summed E-state index contributed by atoms with van der Waals surface area (Å²) in [6, 6.07) is 11.5. The van der Waals surface area contributed by atoms with Crippen LogP contribution in [-0.2, 0) is 24.9 Å². The van der Waals surface area contributed by atoms with E-state index in [4.69, 9.17) is 0 Å². The molecule has 3 aromatic rings. The first-order valence-electron chi connectivity index (χ1n) is 11.6. The van der Waals surface area contributed by atoms with E-state index in [1.54, 1.807) is 11.3 Å². The van der Waals surface area contributed by atoms with Crippen LogP contribution in [0.1, 0.15) is 58.3 Å². The molecule has 1 saturated carbocycles. The molecule has 0 radical (unpaired) electrons. The number of carbonyl (C=O) groups is 1. The fourth-order valence-corrected chi connectivity index (χ4v) is 6.37. The number of carbonyl (C=O) groups excluding carboxylic acids is 1. The van der Waals surface area contributed by atoms with Crippen molar-refractivity contribution in [1.29, 1.82) is 0 Å². The van der Waals surface area contributed by atoms with E-state index in [9.17, 15) is 4.79 Å². The summed E-state index contributed by atoms with van der Waals surface area (Å²) in [5.74, 6) is 1.32. The van der Waals surface area contributed by atoms with Crippen LogP contribution in [0.4, 0.5) is 0 Å². The molecular formula is C24H28N6OS. The number of nitrogens with zero attached hydrogens (tertiary/aromatic N) is 5. The zero-order valence-electron chi connectivity index (χ0n) is 18.3. The number of rotatable bonds is 5. The van der Waals surface area contributed by atoms with E-state index in [1.807, 2.05) is 5.51 Å². The highest BCUT2D eigenvalue weighted by Crippen LogP contribution is 2.46. The van der Waals surface area contributed by atoms with Gasteiger partial charge in [0.2, 0.25) is 5.82 Å². The summed E-state index contributed by atoms with van der Waals surface area (Å²) in [5, 5.41) is 11.9. The number of aryl methyl sites for hydroxylation is 2. The second-order valence-corrected chi connectivity index (χ2v) is 10.4. The summed E-state index contributed by atoms with van der Waals surface area (Å²) in [4.78, 5) is 21.3. The molecule has 2 fully saturated rings. The maximum absolute atomic E-state index is 12.9. The Bertz CT molecular complexity index is 1140. The quantitative estimate of drug-likeness (QED) is 0.649. The van der Waals surface area contributed by atoms with Gasteiger partial charge >= 0.3 is 0 Å². The molecule has 166 valence electrons. The zero-order valence-corrected chi connectivity index (χ0v) is 19.1. The molecule has 32 heavy (non-hydrogen) atoms. The summed E-state index contributed by atoms with van der Waals surface area (Å²) in [5.41, 5.74) is 4.51. The topological polar surface area (TPSA) is 75.9 Å². The minimum absolute atomic E-state index is 0.0464. The zero-order chi connectivity index (χ0) is 21.7. The van der Waals surface area contributed by atoms with Crippen molar-refractivity contribution in [3.05, 3.63) is 63.6 Å². The third-order valence-corrected chi connectivity index (χ3v) is 8.48. The molecule has 2 atom stereocenters. The molecule has 1 aliphatic carbocycles. The van der Waals surface area contributed by atoms with Gasteiger partial charge in [0.15, 0.2) is 0 Å². The molecule has 1 aromatic carbocycles. The molecule has 6 rings (SSSR count). The molecule has 2 aromatic heterocycles. The van der Waals surface area contributed by atoms with Crippen molar-refractivity contribution < 1.29 is 4.79 Å². The van der Waals surface area contributed by atoms with Crippen molar-refractivity contribution in [2.75, 3.05) is 6.54 Å². The second kappa shape index (κ2) is 7.78. The minimum Gasteiger partial charge on any atom is -0.347 e. The van der Waals surface area contributed by atoms with Crippen molar-refractivity contribution in [3.63, 3.8) is 0 Å². The lowest BCUT2D eigenvalue weighted by atomic mass is 9.71. The molecule has 2 aliphatic heterocycles. The smallest absolute Gasteiger partial charge is 0.289 e. The number of aromatic nitrogens is 4. The third kappa shape index (κ3) is 3.36. The second-order valence-electron chi connectivity index (χ2n) is 9.42. The van der Waals surface area contributed by atoms with Crippen molar-refractivity contribution in [2.45, 2.75) is 69.6 Å². The largest absolute Gasteiger partial charge is 0.347 e. The monoisotopic (exact) mass is 448 g/mol. The van der Waals surface area contributed by atoms with Crippen LogP contribution >= 0.6 is 11.3 Å². The van der Waals surface area contributed by atoms with Gasteiger partial charge < -0.3 is 9.88 Å². The van der Waals surface area contributed by atoms with Crippen molar-refractivity contribution in [1.82, 2.24) is 30.0 Å². The van der Waals surface area contributed by atoms with E-state index in [2.05, 4.69) is 67.2 Å². The van der Waals surface area contributed by atoms with Crippen LogP contribution in [0.2, 0.25) is 0 Å². The molecule has 0 bridgehead atoms. The van der Waals surface area contributed by atoms with Crippen LogP contribution in [0.3, 0.4) is 0 Å².